The van der Waals surface area contributed by atoms with Crippen LogP contribution in [0.1, 0.15) is 13.8 Å². The second-order valence-electron chi connectivity index (χ2n) is 4.18. The van der Waals surface area contributed by atoms with Crippen LogP contribution in [-0.4, -0.2) is 47.6 Å². The van der Waals surface area contributed by atoms with E-state index in [0.29, 0.717) is 6.54 Å². The molecule has 0 saturated carbocycles. The van der Waals surface area contributed by atoms with Crippen molar-refractivity contribution < 1.29 is 14.7 Å². The molecule has 0 bridgehead atoms. The summed E-state index contributed by atoms with van der Waals surface area (Å²) in [5.74, 6) is -1.51. The molecule has 1 saturated heterocycles. The van der Waals surface area contributed by atoms with Gasteiger partial charge in [0, 0.05) is 13.1 Å². The number of nitrogens with zero attached hydrogens (tertiary/aromatic N) is 1. The highest BCUT2D eigenvalue weighted by atomic mass is 16.4. The molecule has 1 fully saturated rings. The van der Waals surface area contributed by atoms with Gasteiger partial charge in [0.1, 0.15) is 0 Å². The van der Waals surface area contributed by atoms with Crippen molar-refractivity contribution in [3.05, 3.63) is 0 Å². The van der Waals surface area contributed by atoms with Gasteiger partial charge < -0.3 is 10.4 Å². The minimum absolute atomic E-state index is 0.122. The van der Waals surface area contributed by atoms with E-state index in [1.165, 1.54) is 0 Å². The first-order valence-electron chi connectivity index (χ1n) is 4.58. The Balaban J connectivity index is 2.84. The monoisotopic (exact) mass is 200 g/mol. The number of carbonyl (C=O) groups excluding carboxylic acids is 1. The van der Waals surface area contributed by atoms with Crippen LogP contribution in [0.2, 0.25) is 0 Å². The molecule has 0 aromatic heterocycles. The van der Waals surface area contributed by atoms with Gasteiger partial charge in [-0.25, -0.2) is 0 Å². The number of amides is 1. The zero-order valence-corrected chi connectivity index (χ0v) is 8.70. The predicted molar refractivity (Wildman–Crippen MR) is 50.8 cm³/mol. The molecule has 5 nitrogen and oxygen atoms in total. The molecule has 5 heteroatoms. The maximum absolute atomic E-state index is 11.6. The number of hydrogen-bond acceptors (Lipinski definition) is 3. The van der Waals surface area contributed by atoms with E-state index in [-0.39, 0.29) is 12.5 Å². The van der Waals surface area contributed by atoms with Crippen LogP contribution in [0.15, 0.2) is 0 Å². The average Bonchev–Trinajstić information content (AvgIpc) is 2.17. The van der Waals surface area contributed by atoms with Crippen molar-refractivity contribution in [2.75, 3.05) is 20.1 Å². The molecule has 1 rings (SSSR count). The number of likely N-dealkylation sites (N-methyl/N-ethyl adjacent to an activating group) is 1. The zero-order valence-electron chi connectivity index (χ0n) is 8.70. The molecule has 1 aliphatic rings. The Hall–Kier alpha value is -1.10. The van der Waals surface area contributed by atoms with Crippen molar-refractivity contribution >= 4 is 11.9 Å². The lowest BCUT2D eigenvalue weighted by molar-refractivity contribution is -0.142. The number of hydrogen-bond donors (Lipinski definition) is 2. The molecule has 1 atom stereocenters. The number of aliphatic carboxylic acids is 1. The average molecular weight is 200 g/mol. The number of rotatable bonds is 1. The maximum Gasteiger partial charge on any atom is 0.309 e. The minimum atomic E-state index is -0.866. The summed E-state index contributed by atoms with van der Waals surface area (Å²) in [6.45, 7) is 4.17. The first kappa shape index (κ1) is 11.0. The largest absolute Gasteiger partial charge is 0.481 e. The third-order valence-electron chi connectivity index (χ3n) is 2.86. The summed E-state index contributed by atoms with van der Waals surface area (Å²) < 4.78 is 0. The first-order chi connectivity index (χ1) is 6.35. The topological polar surface area (TPSA) is 69.6 Å². The van der Waals surface area contributed by atoms with Crippen LogP contribution in [0.3, 0.4) is 0 Å². The van der Waals surface area contributed by atoms with Gasteiger partial charge in [-0.15, -0.1) is 0 Å². The summed E-state index contributed by atoms with van der Waals surface area (Å²) >= 11 is 0. The van der Waals surface area contributed by atoms with Crippen molar-refractivity contribution in [3.63, 3.8) is 0 Å². The lowest BCUT2D eigenvalue weighted by atomic mass is 10.0. The molecule has 80 valence electrons. The van der Waals surface area contributed by atoms with Crippen LogP contribution in [0.5, 0.6) is 0 Å². The summed E-state index contributed by atoms with van der Waals surface area (Å²) in [5, 5.41) is 11.5. The van der Waals surface area contributed by atoms with Crippen molar-refractivity contribution in [1.29, 1.82) is 0 Å². The predicted octanol–water partition coefficient (Wildman–Crippen LogP) is -0.473. The van der Waals surface area contributed by atoms with Gasteiger partial charge in [-0.2, -0.15) is 0 Å². The smallest absolute Gasteiger partial charge is 0.309 e. The highest BCUT2D eigenvalue weighted by molar-refractivity contribution is 5.86. The quantitative estimate of drug-likeness (QED) is 0.600. The van der Waals surface area contributed by atoms with Gasteiger partial charge in [-0.05, 0) is 20.9 Å². The summed E-state index contributed by atoms with van der Waals surface area (Å²) in [7, 11) is 1.76. The Morgan fingerprint density at radius 2 is 2.21 bits per heavy atom. The van der Waals surface area contributed by atoms with Crippen LogP contribution >= 0.6 is 0 Å². The van der Waals surface area contributed by atoms with Crippen LogP contribution in [0.4, 0.5) is 0 Å². The van der Waals surface area contributed by atoms with Crippen molar-refractivity contribution in [2.24, 2.45) is 5.92 Å². The Bertz CT molecular complexity index is 263. The van der Waals surface area contributed by atoms with Crippen LogP contribution in [-0.2, 0) is 9.59 Å². The molecule has 2 N–H and O–H groups in total. The van der Waals surface area contributed by atoms with E-state index in [9.17, 15) is 9.59 Å². The van der Waals surface area contributed by atoms with E-state index in [4.69, 9.17) is 5.11 Å². The van der Waals surface area contributed by atoms with Gasteiger partial charge in [0.15, 0.2) is 0 Å². The maximum atomic E-state index is 11.6. The number of carbonyl (C=O) groups is 2. The van der Waals surface area contributed by atoms with Crippen LogP contribution in [0, 0.1) is 5.92 Å². The second kappa shape index (κ2) is 3.57. The normalized spacial score (nSPS) is 27.9. The van der Waals surface area contributed by atoms with Gasteiger partial charge in [-0.3, -0.25) is 14.5 Å². The molecular formula is C9H16N2O3. The first-order valence-corrected chi connectivity index (χ1v) is 4.58. The number of carboxylic acids is 1. The molecule has 0 aromatic rings. The molecular weight excluding hydrogens is 184 g/mol. The van der Waals surface area contributed by atoms with E-state index >= 15 is 0 Å². The third-order valence-corrected chi connectivity index (χ3v) is 2.86. The molecule has 1 aliphatic heterocycles. The minimum Gasteiger partial charge on any atom is -0.481 e. The fourth-order valence-electron chi connectivity index (χ4n) is 1.39. The second-order valence-corrected chi connectivity index (χ2v) is 4.18. The molecule has 0 aliphatic carbocycles. The molecule has 0 spiro atoms. The molecule has 0 radical (unpaired) electrons. The summed E-state index contributed by atoms with van der Waals surface area (Å²) in [4.78, 5) is 24.1. The molecule has 1 amide bonds. The highest BCUT2D eigenvalue weighted by Crippen LogP contribution is 2.17. The lowest BCUT2D eigenvalue weighted by Crippen LogP contribution is -2.51. The van der Waals surface area contributed by atoms with E-state index in [0.717, 1.165) is 0 Å². The van der Waals surface area contributed by atoms with Crippen molar-refractivity contribution in [1.82, 2.24) is 10.2 Å². The summed E-state index contributed by atoms with van der Waals surface area (Å²) in [6.07, 6.45) is 0. The molecule has 0 aromatic carbocycles. The Morgan fingerprint density at radius 3 is 2.71 bits per heavy atom. The van der Waals surface area contributed by atoms with E-state index in [2.05, 4.69) is 5.32 Å². The Morgan fingerprint density at radius 1 is 1.64 bits per heavy atom. The van der Waals surface area contributed by atoms with Crippen molar-refractivity contribution in [3.8, 4) is 0 Å². The lowest BCUT2D eigenvalue weighted by Gasteiger charge is -2.31. The van der Waals surface area contributed by atoms with Crippen LogP contribution in [0.25, 0.3) is 0 Å². The van der Waals surface area contributed by atoms with Gasteiger partial charge in [-0.1, -0.05) is 0 Å². The van der Waals surface area contributed by atoms with Crippen molar-refractivity contribution in [2.45, 2.75) is 19.4 Å². The van der Waals surface area contributed by atoms with Gasteiger partial charge in [0.25, 0.3) is 0 Å². The van der Waals surface area contributed by atoms with Crippen LogP contribution < -0.4 is 5.32 Å². The summed E-state index contributed by atoms with van der Waals surface area (Å²) in [6, 6.07) is 0. The zero-order chi connectivity index (χ0) is 10.9. The van der Waals surface area contributed by atoms with Gasteiger partial charge >= 0.3 is 5.97 Å². The molecule has 1 heterocycles. The molecule has 1 unspecified atom stereocenters. The van der Waals surface area contributed by atoms with Gasteiger partial charge in [0.2, 0.25) is 5.91 Å². The highest BCUT2D eigenvalue weighted by Gasteiger charge is 2.38. The molecule has 14 heavy (non-hydrogen) atoms. The fourth-order valence-corrected chi connectivity index (χ4v) is 1.39. The van der Waals surface area contributed by atoms with E-state index < -0.39 is 17.4 Å². The number of carboxylic acid groups (broad SMARTS) is 1. The van der Waals surface area contributed by atoms with E-state index in [1.54, 1.807) is 25.8 Å². The fraction of sp³-hybridized carbons (Fsp3) is 0.778. The Labute approximate surface area is 83.1 Å². The number of nitrogens with one attached hydrogen (secondary N) is 1. The third kappa shape index (κ3) is 1.87. The van der Waals surface area contributed by atoms with Gasteiger partial charge in [0.05, 0.1) is 11.5 Å². The standard InChI is InChI=1S/C9H16N2O3/c1-9(2)8(14)10-4-6(7(12)13)5-11(9)3/h6H,4-5H2,1-3H3,(H,10,14)(H,12,13). The Kier molecular flexibility index (Phi) is 2.80. The van der Waals surface area contributed by atoms with E-state index in [1.807, 2.05) is 0 Å². The SMILES string of the molecule is CN1CC(C(=O)O)CNC(=O)C1(C)C. The summed E-state index contributed by atoms with van der Waals surface area (Å²) in [5.41, 5.74) is -0.635.